The van der Waals surface area contributed by atoms with Crippen LogP contribution in [0, 0.1) is 0 Å². The average Bonchev–Trinajstić information content (AvgIpc) is 3.10. The fraction of sp³-hybridized carbons (Fsp3) is 0.0952. The molecule has 29 heavy (non-hydrogen) atoms. The topological polar surface area (TPSA) is 69.0 Å². The first-order valence-corrected chi connectivity index (χ1v) is 9.49. The van der Waals surface area contributed by atoms with Gasteiger partial charge in [0.1, 0.15) is 11.4 Å². The van der Waals surface area contributed by atoms with Crippen LogP contribution in [0.25, 0.3) is 11.0 Å². The van der Waals surface area contributed by atoms with Crippen molar-refractivity contribution < 1.29 is 9.53 Å². The highest BCUT2D eigenvalue weighted by Crippen LogP contribution is 2.30. The zero-order valence-electron chi connectivity index (χ0n) is 15.4. The number of fused-ring (bicyclic) bond motifs is 1. The van der Waals surface area contributed by atoms with Gasteiger partial charge in [0.15, 0.2) is 0 Å². The second-order valence-electron chi connectivity index (χ2n) is 6.33. The number of amides is 1. The third-order valence-electron chi connectivity index (χ3n) is 4.48. The Morgan fingerprint density at radius 1 is 1.14 bits per heavy atom. The molecule has 0 fully saturated rings. The number of ether oxygens (including phenoxy) is 1. The van der Waals surface area contributed by atoms with Gasteiger partial charge in [-0.2, -0.15) is 0 Å². The third kappa shape index (κ3) is 3.90. The van der Waals surface area contributed by atoms with Crippen molar-refractivity contribution in [1.29, 1.82) is 0 Å². The van der Waals surface area contributed by atoms with E-state index in [9.17, 15) is 4.79 Å². The Balaban J connectivity index is 1.69. The number of pyridine rings is 2. The molecule has 4 aromatic rings. The summed E-state index contributed by atoms with van der Waals surface area (Å²) in [5.74, 6) is 0.460. The summed E-state index contributed by atoms with van der Waals surface area (Å²) in [5, 5.41) is 4.05. The molecule has 0 atom stereocenters. The second kappa shape index (κ2) is 8.11. The number of hydrogen-bond donors (Lipinski definition) is 1. The molecule has 8 heteroatoms. The fourth-order valence-corrected chi connectivity index (χ4v) is 3.52. The lowest BCUT2D eigenvalue weighted by Gasteiger charge is -2.08. The Morgan fingerprint density at radius 3 is 2.55 bits per heavy atom. The van der Waals surface area contributed by atoms with Crippen LogP contribution in [-0.2, 0) is 6.54 Å². The molecule has 0 radical (unpaired) electrons. The van der Waals surface area contributed by atoms with Gasteiger partial charge in [0.05, 0.1) is 28.4 Å². The van der Waals surface area contributed by atoms with Gasteiger partial charge in [0.25, 0.3) is 5.91 Å². The van der Waals surface area contributed by atoms with Crippen LogP contribution in [0.2, 0.25) is 10.0 Å². The van der Waals surface area contributed by atoms with Crippen LogP contribution in [0.3, 0.4) is 0 Å². The van der Waals surface area contributed by atoms with Crippen LogP contribution in [-0.4, -0.2) is 27.6 Å². The van der Waals surface area contributed by atoms with Crippen molar-refractivity contribution in [3.63, 3.8) is 0 Å². The van der Waals surface area contributed by atoms with E-state index in [-0.39, 0.29) is 16.0 Å². The minimum absolute atomic E-state index is 0.269. The Kier molecular flexibility index (Phi) is 5.38. The maximum absolute atomic E-state index is 13.0. The van der Waals surface area contributed by atoms with Crippen molar-refractivity contribution in [1.82, 2.24) is 14.5 Å². The molecule has 1 amide bonds. The highest BCUT2D eigenvalue weighted by Gasteiger charge is 2.18. The fourth-order valence-electron chi connectivity index (χ4n) is 3.06. The lowest BCUT2D eigenvalue weighted by Crippen LogP contribution is -2.12. The minimum Gasteiger partial charge on any atom is -0.497 e. The van der Waals surface area contributed by atoms with E-state index in [1.54, 1.807) is 25.6 Å². The maximum atomic E-state index is 13.0. The predicted molar refractivity (Wildman–Crippen MR) is 114 cm³/mol. The van der Waals surface area contributed by atoms with Crippen molar-refractivity contribution in [3.8, 4) is 5.75 Å². The summed E-state index contributed by atoms with van der Waals surface area (Å²) >= 11 is 12.3. The Hall–Kier alpha value is -3.09. The molecule has 0 unspecified atom stereocenters. The monoisotopic (exact) mass is 426 g/mol. The molecular formula is C21H16Cl2N4O2. The smallest absolute Gasteiger partial charge is 0.257 e. The molecule has 0 spiro atoms. The van der Waals surface area contributed by atoms with E-state index in [0.717, 1.165) is 16.7 Å². The van der Waals surface area contributed by atoms with E-state index in [0.29, 0.717) is 23.4 Å². The number of nitrogens with one attached hydrogen (secondary N) is 1. The highest BCUT2D eigenvalue weighted by atomic mass is 35.5. The summed E-state index contributed by atoms with van der Waals surface area (Å²) in [6.45, 7) is 0.557. The van der Waals surface area contributed by atoms with Crippen LogP contribution < -0.4 is 10.1 Å². The van der Waals surface area contributed by atoms with Crippen molar-refractivity contribution in [2.45, 2.75) is 6.54 Å². The number of carbonyl (C=O) groups excluding carboxylic acids is 1. The molecule has 0 bridgehead atoms. The van der Waals surface area contributed by atoms with Crippen molar-refractivity contribution in [2.24, 2.45) is 0 Å². The van der Waals surface area contributed by atoms with E-state index < -0.39 is 0 Å². The predicted octanol–water partition coefficient (Wildman–Crippen LogP) is 5.05. The van der Waals surface area contributed by atoms with Crippen molar-refractivity contribution in [3.05, 3.63) is 82.4 Å². The van der Waals surface area contributed by atoms with Crippen molar-refractivity contribution in [2.75, 3.05) is 12.4 Å². The van der Waals surface area contributed by atoms with E-state index >= 15 is 0 Å². The number of halogens is 2. The molecular weight excluding hydrogens is 411 g/mol. The summed E-state index contributed by atoms with van der Waals surface area (Å²) in [5.41, 5.74) is 2.57. The summed E-state index contributed by atoms with van der Waals surface area (Å²) in [6, 6.07) is 11.4. The summed E-state index contributed by atoms with van der Waals surface area (Å²) < 4.78 is 7.14. The van der Waals surface area contributed by atoms with Crippen molar-refractivity contribution >= 4 is 45.8 Å². The first kappa shape index (κ1) is 19.2. The van der Waals surface area contributed by atoms with E-state index in [1.165, 1.54) is 12.4 Å². The van der Waals surface area contributed by atoms with Gasteiger partial charge in [0, 0.05) is 36.7 Å². The second-order valence-corrected chi connectivity index (χ2v) is 7.14. The number of methoxy groups -OCH3 is 1. The minimum atomic E-state index is -0.327. The van der Waals surface area contributed by atoms with Gasteiger partial charge in [-0.1, -0.05) is 35.3 Å². The SMILES string of the molecule is COc1ccc(Cn2cc(C(=O)Nc3c(Cl)cncc3Cl)c3cccnc32)cc1. The quantitative estimate of drug-likeness (QED) is 0.484. The number of benzene rings is 1. The molecule has 0 aliphatic rings. The van der Waals surface area contributed by atoms with Crippen LogP contribution in [0.1, 0.15) is 15.9 Å². The Bertz CT molecular complexity index is 1170. The Labute approximate surface area is 177 Å². The van der Waals surface area contributed by atoms with Gasteiger partial charge >= 0.3 is 0 Å². The van der Waals surface area contributed by atoms with Gasteiger partial charge < -0.3 is 14.6 Å². The number of anilines is 1. The van der Waals surface area contributed by atoms with E-state index in [4.69, 9.17) is 27.9 Å². The molecule has 0 aliphatic carbocycles. The zero-order chi connectivity index (χ0) is 20.4. The molecule has 0 aliphatic heterocycles. The van der Waals surface area contributed by atoms with Gasteiger partial charge in [-0.25, -0.2) is 4.98 Å². The van der Waals surface area contributed by atoms with Gasteiger partial charge in [-0.3, -0.25) is 9.78 Å². The number of rotatable bonds is 5. The highest BCUT2D eigenvalue weighted by molar-refractivity contribution is 6.39. The molecule has 3 heterocycles. The summed E-state index contributed by atoms with van der Waals surface area (Å²) in [4.78, 5) is 21.3. The molecule has 146 valence electrons. The number of nitrogens with zero attached hydrogens (tertiary/aromatic N) is 3. The lowest BCUT2D eigenvalue weighted by atomic mass is 10.2. The maximum Gasteiger partial charge on any atom is 0.257 e. The van der Waals surface area contributed by atoms with Crippen LogP contribution in [0.4, 0.5) is 5.69 Å². The molecule has 4 rings (SSSR count). The normalized spacial score (nSPS) is 10.9. The Morgan fingerprint density at radius 2 is 1.86 bits per heavy atom. The zero-order valence-corrected chi connectivity index (χ0v) is 16.9. The van der Waals surface area contributed by atoms with Gasteiger partial charge in [0.2, 0.25) is 0 Å². The van der Waals surface area contributed by atoms with Crippen LogP contribution >= 0.6 is 23.2 Å². The van der Waals surface area contributed by atoms with Gasteiger partial charge in [-0.15, -0.1) is 0 Å². The number of carbonyl (C=O) groups is 1. The summed E-state index contributed by atoms with van der Waals surface area (Å²) in [6.07, 6.45) is 6.33. The largest absolute Gasteiger partial charge is 0.497 e. The number of hydrogen-bond acceptors (Lipinski definition) is 4. The molecule has 3 aromatic heterocycles. The number of aromatic nitrogens is 3. The van der Waals surface area contributed by atoms with Crippen LogP contribution in [0.15, 0.2) is 61.2 Å². The van der Waals surface area contributed by atoms with Crippen LogP contribution in [0.5, 0.6) is 5.75 Å². The van der Waals surface area contributed by atoms with E-state index in [1.807, 2.05) is 34.9 Å². The first-order valence-electron chi connectivity index (χ1n) is 8.74. The molecule has 6 nitrogen and oxygen atoms in total. The first-order chi connectivity index (χ1) is 14.1. The average molecular weight is 427 g/mol. The molecule has 1 N–H and O–H groups in total. The molecule has 1 aromatic carbocycles. The third-order valence-corrected chi connectivity index (χ3v) is 5.06. The molecule has 0 saturated heterocycles. The van der Waals surface area contributed by atoms with Gasteiger partial charge in [-0.05, 0) is 29.8 Å². The standard InChI is InChI=1S/C21H16Cl2N4O2/c1-29-14-6-4-13(5-7-14)11-27-12-16(15-3-2-8-25-20(15)27)21(28)26-19-17(22)9-24-10-18(19)23/h2-10,12H,11H2,1H3,(H,24,26,28). The lowest BCUT2D eigenvalue weighted by molar-refractivity contribution is 0.102. The summed E-state index contributed by atoms with van der Waals surface area (Å²) in [7, 11) is 1.63. The van der Waals surface area contributed by atoms with E-state index in [2.05, 4.69) is 15.3 Å². The molecule has 0 saturated carbocycles.